The van der Waals surface area contributed by atoms with Crippen molar-refractivity contribution in [2.75, 3.05) is 5.32 Å². The van der Waals surface area contributed by atoms with Crippen molar-refractivity contribution in [3.05, 3.63) is 29.6 Å². The van der Waals surface area contributed by atoms with Gasteiger partial charge in [-0.25, -0.2) is 13.2 Å². The fourth-order valence-electron chi connectivity index (χ4n) is 2.60. The minimum Gasteiger partial charge on any atom is -0.378 e. The van der Waals surface area contributed by atoms with Crippen LogP contribution in [-0.2, 0) is 0 Å². The van der Waals surface area contributed by atoms with Crippen molar-refractivity contribution in [2.45, 2.75) is 45.1 Å². The van der Waals surface area contributed by atoms with E-state index in [-0.39, 0.29) is 11.7 Å². The van der Waals surface area contributed by atoms with Crippen LogP contribution < -0.4 is 5.32 Å². The second-order valence-corrected chi connectivity index (χ2v) is 5.01. The highest BCUT2D eigenvalue weighted by Crippen LogP contribution is 2.30. The lowest BCUT2D eigenvalue weighted by molar-refractivity contribution is 0.329. The topological polar surface area (TPSA) is 12.0 Å². The first-order chi connectivity index (χ1) is 8.60. The van der Waals surface area contributed by atoms with Gasteiger partial charge in [0, 0.05) is 18.2 Å². The van der Waals surface area contributed by atoms with Crippen LogP contribution in [0, 0.1) is 23.4 Å². The summed E-state index contributed by atoms with van der Waals surface area (Å²) in [4.78, 5) is 0. The highest BCUT2D eigenvalue weighted by atomic mass is 19.1. The first-order valence-electron chi connectivity index (χ1n) is 6.51. The Hall–Kier alpha value is -1.19. The molecule has 0 atom stereocenters. The zero-order valence-electron chi connectivity index (χ0n) is 10.5. The van der Waals surface area contributed by atoms with Gasteiger partial charge in [0.2, 0.25) is 0 Å². The van der Waals surface area contributed by atoms with Gasteiger partial charge in [0.25, 0.3) is 0 Å². The van der Waals surface area contributed by atoms with Gasteiger partial charge in [0.05, 0.1) is 0 Å². The molecule has 0 aliphatic heterocycles. The van der Waals surface area contributed by atoms with E-state index in [1.807, 2.05) is 0 Å². The van der Waals surface area contributed by atoms with Crippen LogP contribution in [0.3, 0.4) is 0 Å². The average Bonchev–Trinajstić information content (AvgIpc) is 2.34. The maximum atomic E-state index is 13.5. The van der Waals surface area contributed by atoms with Crippen LogP contribution in [-0.4, -0.2) is 6.04 Å². The number of rotatable bonds is 3. The van der Waals surface area contributed by atoms with Crippen molar-refractivity contribution in [3.8, 4) is 0 Å². The lowest BCUT2D eigenvalue weighted by Gasteiger charge is -2.29. The van der Waals surface area contributed by atoms with E-state index in [0.717, 1.165) is 38.0 Å². The van der Waals surface area contributed by atoms with E-state index in [9.17, 15) is 13.2 Å². The Bertz CT molecular complexity index is 388. The molecule has 18 heavy (non-hydrogen) atoms. The maximum Gasteiger partial charge on any atom is 0.152 e. The van der Waals surface area contributed by atoms with Crippen molar-refractivity contribution in [3.63, 3.8) is 0 Å². The quantitative estimate of drug-likeness (QED) is 0.841. The minimum absolute atomic E-state index is 0.0854. The molecule has 1 saturated carbocycles. The molecule has 0 spiro atoms. The molecule has 1 fully saturated rings. The molecule has 4 heteroatoms. The third-order valence-electron chi connectivity index (χ3n) is 3.78. The van der Waals surface area contributed by atoms with E-state index in [1.165, 1.54) is 0 Å². The van der Waals surface area contributed by atoms with Crippen molar-refractivity contribution >= 4 is 5.69 Å². The summed E-state index contributed by atoms with van der Waals surface area (Å²) in [7, 11) is 0. The Morgan fingerprint density at radius 1 is 1.06 bits per heavy atom. The van der Waals surface area contributed by atoms with E-state index >= 15 is 0 Å². The minimum atomic E-state index is -0.884. The summed E-state index contributed by atoms with van der Waals surface area (Å²) in [6, 6.07) is 1.51. The molecular weight excluding hydrogens is 239 g/mol. The Morgan fingerprint density at radius 3 is 2.11 bits per heavy atom. The second kappa shape index (κ2) is 5.63. The normalized spacial score (nSPS) is 24.0. The van der Waals surface area contributed by atoms with E-state index in [1.54, 1.807) is 0 Å². The van der Waals surface area contributed by atoms with Crippen LogP contribution in [0.5, 0.6) is 0 Å². The van der Waals surface area contributed by atoms with Crippen molar-refractivity contribution < 1.29 is 13.2 Å². The predicted molar refractivity (Wildman–Crippen MR) is 66.0 cm³/mol. The molecular formula is C14H18F3N. The van der Waals surface area contributed by atoms with Crippen LogP contribution in [0.15, 0.2) is 12.1 Å². The zero-order chi connectivity index (χ0) is 13.1. The number of hydrogen-bond donors (Lipinski definition) is 1. The van der Waals surface area contributed by atoms with E-state index < -0.39 is 17.5 Å². The van der Waals surface area contributed by atoms with Crippen molar-refractivity contribution in [2.24, 2.45) is 5.92 Å². The smallest absolute Gasteiger partial charge is 0.152 e. The lowest BCUT2D eigenvalue weighted by atomic mass is 9.84. The molecule has 1 aliphatic rings. The summed E-state index contributed by atoms with van der Waals surface area (Å²) >= 11 is 0. The molecule has 1 nitrogen and oxygen atoms in total. The van der Waals surface area contributed by atoms with Gasteiger partial charge in [-0.15, -0.1) is 0 Å². The summed E-state index contributed by atoms with van der Waals surface area (Å²) in [5.41, 5.74) is -0.198. The first kappa shape index (κ1) is 13.2. The molecule has 0 aromatic heterocycles. The van der Waals surface area contributed by atoms with Gasteiger partial charge in [-0.2, -0.15) is 0 Å². The summed E-state index contributed by atoms with van der Waals surface area (Å²) in [6.07, 6.45) is 5.15. The largest absolute Gasteiger partial charge is 0.378 e. The number of hydrogen-bond acceptors (Lipinski definition) is 1. The standard InChI is InChI=1S/C14H18F3N/c1-2-9-3-5-11(6-4-9)18-14-12(16)7-10(15)8-13(14)17/h7-9,11,18H,2-6H2,1H3. The van der Waals surface area contributed by atoms with Gasteiger partial charge in [-0.1, -0.05) is 13.3 Å². The maximum absolute atomic E-state index is 13.5. The van der Waals surface area contributed by atoms with Crippen molar-refractivity contribution in [1.29, 1.82) is 0 Å². The van der Waals surface area contributed by atoms with E-state index in [4.69, 9.17) is 0 Å². The first-order valence-corrected chi connectivity index (χ1v) is 6.51. The van der Waals surface area contributed by atoms with E-state index in [0.29, 0.717) is 12.1 Å². The molecule has 1 aliphatic carbocycles. The molecule has 0 bridgehead atoms. The fraction of sp³-hybridized carbons (Fsp3) is 0.571. The SMILES string of the molecule is CCC1CCC(Nc2c(F)cc(F)cc2F)CC1. The molecule has 100 valence electrons. The summed E-state index contributed by atoms with van der Waals surface area (Å²) < 4.78 is 39.7. The van der Waals surface area contributed by atoms with Gasteiger partial charge in [0.15, 0.2) is 11.6 Å². The third kappa shape index (κ3) is 2.98. The molecule has 0 saturated heterocycles. The van der Waals surface area contributed by atoms with E-state index in [2.05, 4.69) is 12.2 Å². The lowest BCUT2D eigenvalue weighted by Crippen LogP contribution is -2.26. The summed E-state index contributed by atoms with van der Waals surface area (Å²) in [5, 5.41) is 2.87. The molecule has 0 unspecified atom stereocenters. The van der Waals surface area contributed by atoms with Gasteiger partial charge in [-0.05, 0) is 31.6 Å². The van der Waals surface area contributed by atoms with Crippen molar-refractivity contribution in [1.82, 2.24) is 0 Å². The third-order valence-corrected chi connectivity index (χ3v) is 3.78. The fourth-order valence-corrected chi connectivity index (χ4v) is 2.60. The number of halogens is 3. The van der Waals surface area contributed by atoms with Gasteiger partial charge in [-0.3, -0.25) is 0 Å². The van der Waals surface area contributed by atoms with Crippen LogP contribution in [0.2, 0.25) is 0 Å². The average molecular weight is 257 g/mol. The predicted octanol–water partition coefficient (Wildman–Crippen LogP) is 4.48. The zero-order valence-corrected chi connectivity index (χ0v) is 10.5. The van der Waals surface area contributed by atoms with Crippen LogP contribution >= 0.6 is 0 Å². The van der Waals surface area contributed by atoms with Gasteiger partial charge in [0.1, 0.15) is 11.5 Å². The molecule has 1 aromatic rings. The summed E-state index contributed by atoms with van der Waals surface area (Å²) in [6.45, 7) is 2.16. The van der Waals surface area contributed by atoms with Gasteiger partial charge >= 0.3 is 0 Å². The monoisotopic (exact) mass is 257 g/mol. The number of benzene rings is 1. The highest BCUT2D eigenvalue weighted by Gasteiger charge is 2.22. The highest BCUT2D eigenvalue weighted by molar-refractivity contribution is 5.47. The molecule has 1 aromatic carbocycles. The van der Waals surface area contributed by atoms with Crippen LogP contribution in [0.1, 0.15) is 39.0 Å². The van der Waals surface area contributed by atoms with Crippen LogP contribution in [0.25, 0.3) is 0 Å². The molecule has 2 rings (SSSR count). The Balaban J connectivity index is 2.02. The molecule has 0 radical (unpaired) electrons. The molecule has 1 N–H and O–H groups in total. The Kier molecular flexibility index (Phi) is 4.15. The van der Waals surface area contributed by atoms with Gasteiger partial charge < -0.3 is 5.32 Å². The summed E-state index contributed by atoms with van der Waals surface area (Å²) in [5.74, 6) is -1.87. The van der Waals surface area contributed by atoms with Crippen LogP contribution in [0.4, 0.5) is 18.9 Å². The molecule has 0 amide bonds. The number of nitrogens with one attached hydrogen (secondary N) is 1. The Labute approximate surface area is 105 Å². The molecule has 0 heterocycles. The number of anilines is 1. The second-order valence-electron chi connectivity index (χ2n) is 5.01. The Morgan fingerprint density at radius 2 is 1.61 bits per heavy atom.